The number of ether oxygens (including phenoxy) is 14. The van der Waals surface area contributed by atoms with Crippen molar-refractivity contribution in [3.05, 3.63) is 29.8 Å². The molecule has 1 aliphatic rings. The van der Waals surface area contributed by atoms with Gasteiger partial charge in [0.25, 0.3) is 0 Å². The molecule has 1 aromatic rings. The molecule has 1 heterocycles. The number of benzene rings is 1. The molecule has 4 amide bonds. The van der Waals surface area contributed by atoms with E-state index in [2.05, 4.69) is 64.8 Å². The molecule has 0 saturated carbocycles. The predicted molar refractivity (Wildman–Crippen MR) is 329 cm³/mol. The van der Waals surface area contributed by atoms with Gasteiger partial charge in [-0.05, 0) is 89.1 Å². The number of carbonyl (C=O) groups excluding carboxylic acids is 2. The maximum absolute atomic E-state index is 13.2. The van der Waals surface area contributed by atoms with Gasteiger partial charge in [0.15, 0.2) is 0 Å². The summed E-state index contributed by atoms with van der Waals surface area (Å²) in [6.45, 7) is 27.9. The maximum atomic E-state index is 13.2. The van der Waals surface area contributed by atoms with Crippen LogP contribution in [0.2, 0.25) is 0 Å². The average Bonchev–Trinajstić information content (AvgIpc) is 2.21. The third-order valence-corrected chi connectivity index (χ3v) is 13.1. The second-order valence-corrected chi connectivity index (χ2v) is 21.6. The number of unbranched alkanes of at least 4 members (excludes halogenated alkanes) is 6. The fraction of sp³-hybridized carbons (Fsp3) is 0.836. The number of urea groups is 2. The Kier molecular flexibility index (Phi) is 48.4. The van der Waals surface area contributed by atoms with E-state index >= 15 is 0 Å². The van der Waals surface area contributed by atoms with Crippen LogP contribution in [0.1, 0.15) is 91.0 Å². The molecule has 1 aromatic carbocycles. The fourth-order valence-corrected chi connectivity index (χ4v) is 8.95. The van der Waals surface area contributed by atoms with Crippen molar-refractivity contribution in [3.63, 3.8) is 0 Å². The summed E-state index contributed by atoms with van der Waals surface area (Å²) in [6, 6.07) is 5.14. The zero-order valence-electron chi connectivity index (χ0n) is 53.2. The van der Waals surface area contributed by atoms with E-state index in [9.17, 15) is 9.59 Å². The van der Waals surface area contributed by atoms with Crippen molar-refractivity contribution in [2.24, 2.45) is 0 Å². The number of nitrogens with one attached hydrogen (secondary N) is 4. The van der Waals surface area contributed by atoms with Crippen LogP contribution in [-0.4, -0.2) is 272 Å². The van der Waals surface area contributed by atoms with Gasteiger partial charge in [-0.15, -0.1) is 0 Å². The second kappa shape index (κ2) is 52.9. The summed E-state index contributed by atoms with van der Waals surface area (Å²) in [7, 11) is 6.63. The topological polar surface area (TPSA) is 232 Å². The average molecular weight is 1200 g/mol. The van der Waals surface area contributed by atoms with Gasteiger partial charge in [0.1, 0.15) is 0 Å². The lowest BCUT2D eigenvalue weighted by molar-refractivity contribution is 0.00531. The first-order valence-electron chi connectivity index (χ1n) is 30.8. The first kappa shape index (κ1) is 76.9. The lowest BCUT2D eigenvalue weighted by Crippen LogP contribution is -2.48. The van der Waals surface area contributed by atoms with Crippen molar-refractivity contribution in [2.75, 3.05) is 250 Å². The summed E-state index contributed by atoms with van der Waals surface area (Å²) in [5.41, 5.74) is 2.56. The van der Waals surface area contributed by atoms with Gasteiger partial charge in [-0.1, -0.05) is 31.8 Å². The van der Waals surface area contributed by atoms with Gasteiger partial charge >= 0.3 is 12.1 Å². The molecular formula is C61H114N7O16. The minimum Gasteiger partial charge on any atom is -0.382 e. The first-order valence-corrected chi connectivity index (χ1v) is 30.8. The molecule has 0 unspecified atom stereocenters. The normalized spacial score (nSPS) is 13.9. The Balaban J connectivity index is 1.76. The molecule has 0 atom stereocenters. The predicted octanol–water partition coefficient (Wildman–Crippen LogP) is 6.35. The maximum Gasteiger partial charge on any atom is 0.319 e. The molecule has 4 N–H and O–H groups in total. The number of methoxy groups -OCH3 is 4. The Morgan fingerprint density at radius 1 is 0.405 bits per heavy atom. The van der Waals surface area contributed by atoms with Gasteiger partial charge < -0.3 is 87.6 Å². The molecule has 0 saturated heterocycles. The van der Waals surface area contributed by atoms with Crippen LogP contribution in [0.15, 0.2) is 24.3 Å². The minimum absolute atomic E-state index is 0.278. The van der Waals surface area contributed by atoms with Gasteiger partial charge in [-0.3, -0.25) is 9.80 Å². The first-order chi connectivity index (χ1) is 40.9. The van der Waals surface area contributed by atoms with Crippen LogP contribution in [-0.2, 0) is 66.3 Å². The summed E-state index contributed by atoms with van der Waals surface area (Å²) < 4.78 is 77.3. The van der Waals surface area contributed by atoms with Crippen LogP contribution in [0.5, 0.6) is 0 Å². The lowest BCUT2D eigenvalue weighted by atomic mass is 9.81. The SMILES string of the molecule is COCCOCCOCCN(CCOCCCCCCNC(=O)Nc1cc(NC(=O)NCCCCCCOCCN(CCOCCOCCOC)CCOCCOCCOC)cc(C2=CC(C)(C)[N]C(C)(C)C2)c1)CCOCCOCCOC. The van der Waals surface area contributed by atoms with E-state index in [1.807, 2.05) is 12.1 Å². The Bertz CT molecular complexity index is 1620. The highest BCUT2D eigenvalue weighted by Crippen LogP contribution is 2.37. The van der Waals surface area contributed by atoms with Gasteiger partial charge in [-0.2, -0.15) is 0 Å². The molecule has 1 radical (unpaired) electrons. The van der Waals surface area contributed by atoms with Gasteiger partial charge in [0.05, 0.1) is 145 Å². The summed E-state index contributed by atoms with van der Waals surface area (Å²) in [6.07, 6.45) is 10.4. The zero-order valence-corrected chi connectivity index (χ0v) is 53.2. The summed E-state index contributed by atoms with van der Waals surface area (Å²) in [5.74, 6) is 0. The largest absolute Gasteiger partial charge is 0.382 e. The molecular weight excluding hydrogens is 1090 g/mol. The van der Waals surface area contributed by atoms with Crippen molar-refractivity contribution in [2.45, 2.75) is 96.6 Å². The van der Waals surface area contributed by atoms with Crippen LogP contribution in [0.3, 0.4) is 0 Å². The second-order valence-electron chi connectivity index (χ2n) is 21.6. The molecule has 0 aromatic heterocycles. The number of carbonyl (C=O) groups is 2. The number of hydrogen-bond donors (Lipinski definition) is 4. The minimum atomic E-state index is -0.372. The van der Waals surface area contributed by atoms with Crippen molar-refractivity contribution in [3.8, 4) is 0 Å². The van der Waals surface area contributed by atoms with Crippen molar-refractivity contribution >= 4 is 29.0 Å². The van der Waals surface area contributed by atoms with Crippen LogP contribution in [0, 0.1) is 0 Å². The van der Waals surface area contributed by atoms with Crippen LogP contribution in [0.4, 0.5) is 21.0 Å². The van der Waals surface area contributed by atoms with E-state index in [1.54, 1.807) is 34.5 Å². The molecule has 0 fully saturated rings. The van der Waals surface area contributed by atoms with Crippen LogP contribution < -0.4 is 26.6 Å². The van der Waals surface area contributed by atoms with Gasteiger partial charge in [-0.25, -0.2) is 14.9 Å². The zero-order chi connectivity index (χ0) is 60.9. The van der Waals surface area contributed by atoms with E-state index in [-0.39, 0.29) is 23.1 Å². The Morgan fingerprint density at radius 3 is 1.02 bits per heavy atom. The quantitative estimate of drug-likeness (QED) is 0.0520. The van der Waals surface area contributed by atoms with E-state index in [4.69, 9.17) is 71.6 Å². The summed E-state index contributed by atoms with van der Waals surface area (Å²) in [4.78, 5) is 31.1. The summed E-state index contributed by atoms with van der Waals surface area (Å²) in [5, 5.41) is 17.1. The van der Waals surface area contributed by atoms with Crippen LogP contribution >= 0.6 is 0 Å². The van der Waals surface area contributed by atoms with Crippen LogP contribution in [0.25, 0.3) is 5.57 Å². The van der Waals surface area contributed by atoms with Crippen molar-refractivity contribution in [1.82, 2.24) is 25.8 Å². The number of nitrogens with zero attached hydrogens (tertiary/aromatic N) is 3. The third kappa shape index (κ3) is 45.2. The van der Waals surface area contributed by atoms with Crippen molar-refractivity contribution < 1.29 is 75.9 Å². The number of rotatable bonds is 59. The molecule has 0 spiro atoms. The molecule has 2 rings (SSSR count). The molecule has 489 valence electrons. The number of amides is 4. The Hall–Kier alpha value is -3.18. The van der Waals surface area contributed by atoms with E-state index in [1.165, 1.54) is 0 Å². The third-order valence-electron chi connectivity index (χ3n) is 13.1. The highest BCUT2D eigenvalue weighted by Gasteiger charge is 2.34. The molecule has 23 nitrogen and oxygen atoms in total. The Labute approximate surface area is 505 Å². The standard InChI is InChI=1S/C61H114N7O16/c1-60(2)52-55(53-61(3,4)66-60)54-49-56(64-58(69)62-17-13-9-11-15-25-75-27-19-67(21-29-77-41-45-81-37-33-71-5)22-30-78-42-46-82-38-34-72-6)51-57(50-54)65-59(70)63-18-14-10-12-16-26-76-28-20-68(23-31-79-43-47-83-39-35-73-7)24-32-80-44-48-84-40-36-74-8/h49-52H,9-48,53H2,1-8H3,(H2,62,64,69)(H2,63,65,70). The molecule has 0 bridgehead atoms. The molecule has 23 heteroatoms. The Morgan fingerprint density at radius 2 is 0.702 bits per heavy atom. The lowest BCUT2D eigenvalue weighted by Gasteiger charge is -2.39. The monoisotopic (exact) mass is 1200 g/mol. The van der Waals surface area contributed by atoms with E-state index in [0.29, 0.717) is 183 Å². The molecule has 0 aliphatic carbocycles. The highest BCUT2D eigenvalue weighted by molar-refractivity contribution is 5.94. The van der Waals surface area contributed by atoms with E-state index < -0.39 is 0 Å². The highest BCUT2D eigenvalue weighted by atomic mass is 16.6. The fourth-order valence-electron chi connectivity index (χ4n) is 8.95. The van der Waals surface area contributed by atoms with Gasteiger partial charge in [0, 0.05) is 116 Å². The van der Waals surface area contributed by atoms with Crippen molar-refractivity contribution in [1.29, 1.82) is 0 Å². The summed E-state index contributed by atoms with van der Waals surface area (Å²) >= 11 is 0. The molecule has 84 heavy (non-hydrogen) atoms. The smallest absolute Gasteiger partial charge is 0.319 e. The van der Waals surface area contributed by atoms with Gasteiger partial charge in [0.2, 0.25) is 0 Å². The molecule has 1 aliphatic heterocycles. The number of hydrogen-bond acceptors (Lipinski definition) is 18. The number of anilines is 2. The van der Waals surface area contributed by atoms with E-state index in [0.717, 1.165) is 108 Å².